The lowest BCUT2D eigenvalue weighted by molar-refractivity contribution is -0.406. The zero-order valence-electron chi connectivity index (χ0n) is 20.7. The van der Waals surface area contributed by atoms with Gasteiger partial charge in [-0.25, -0.2) is 13.6 Å². The Labute approximate surface area is 218 Å². The fourth-order valence-electron chi connectivity index (χ4n) is 3.90. The van der Waals surface area contributed by atoms with Crippen molar-refractivity contribution in [3.8, 4) is 0 Å². The molecular weight excluding hydrogens is 586 g/mol. The summed E-state index contributed by atoms with van der Waals surface area (Å²) in [5.41, 5.74) is -0.655. The van der Waals surface area contributed by atoms with Gasteiger partial charge in [0.15, 0.2) is 0 Å². The van der Waals surface area contributed by atoms with Gasteiger partial charge in [-0.3, -0.25) is 4.79 Å². The number of carbonyl (C=O) groups is 2. The second-order valence-electron chi connectivity index (χ2n) is 9.91. The van der Waals surface area contributed by atoms with Crippen molar-refractivity contribution in [2.45, 2.75) is 83.0 Å². The molecular formula is C22H23F12NO3S. The first-order valence-corrected chi connectivity index (χ1v) is 12.0. The number of halogens is 12. The third kappa shape index (κ3) is 5.31. The number of fused-ring (bicyclic) bond motifs is 1. The standard InChI is InChI=1S/C22H23F12NO3S/c1-5-38-14(36)12-10-7-6-9(17(2,3)4)8-11(10)39-13(12)35-16(37)19(27,28)21(31,32)22(33,34)20(29,30)18(25,26)15(23)24/h9,15H,5-8H2,1-4H3,(H,35,37). The fourth-order valence-corrected chi connectivity index (χ4v) is 5.21. The molecule has 1 aliphatic carbocycles. The summed E-state index contributed by atoms with van der Waals surface area (Å²) >= 11 is 0.446. The Hall–Kier alpha value is -2.20. The van der Waals surface area contributed by atoms with Gasteiger partial charge in [-0.1, -0.05) is 20.8 Å². The van der Waals surface area contributed by atoms with Gasteiger partial charge in [0, 0.05) is 4.88 Å². The summed E-state index contributed by atoms with van der Waals surface area (Å²) in [4.78, 5) is 24.9. The Morgan fingerprint density at radius 3 is 1.95 bits per heavy atom. The Kier molecular flexibility index (Phi) is 8.74. The maximum absolute atomic E-state index is 14.4. The summed E-state index contributed by atoms with van der Waals surface area (Å²) in [6.07, 6.45) is -4.83. The summed E-state index contributed by atoms with van der Waals surface area (Å²) in [6.45, 7) is 6.70. The Bertz CT molecular complexity index is 1090. The molecule has 1 aromatic heterocycles. The van der Waals surface area contributed by atoms with Gasteiger partial charge in [0.2, 0.25) is 0 Å². The number of amides is 1. The summed E-state index contributed by atoms with van der Waals surface area (Å²) in [5, 5.41) is 0.267. The molecule has 1 amide bonds. The van der Waals surface area contributed by atoms with E-state index < -0.39 is 58.5 Å². The molecule has 0 saturated carbocycles. The molecule has 1 atom stereocenters. The average molecular weight is 609 g/mol. The van der Waals surface area contributed by atoms with Crippen LogP contribution in [0.3, 0.4) is 0 Å². The minimum Gasteiger partial charge on any atom is -0.462 e. The Balaban J connectivity index is 2.53. The molecule has 1 unspecified atom stereocenters. The Morgan fingerprint density at radius 2 is 1.49 bits per heavy atom. The van der Waals surface area contributed by atoms with Gasteiger partial charge >= 0.3 is 47.9 Å². The van der Waals surface area contributed by atoms with Crippen LogP contribution in [0.4, 0.5) is 57.7 Å². The van der Waals surface area contributed by atoms with Gasteiger partial charge in [-0.2, -0.15) is 43.9 Å². The van der Waals surface area contributed by atoms with Gasteiger partial charge in [0.05, 0.1) is 12.2 Å². The molecule has 0 saturated heterocycles. The molecule has 0 spiro atoms. The summed E-state index contributed by atoms with van der Waals surface area (Å²) in [6, 6.07) is 0. The molecule has 4 nitrogen and oxygen atoms in total. The van der Waals surface area contributed by atoms with Crippen molar-refractivity contribution in [3.05, 3.63) is 16.0 Å². The summed E-state index contributed by atoms with van der Waals surface area (Å²) in [5.74, 6) is -41.8. The molecule has 17 heteroatoms. The summed E-state index contributed by atoms with van der Waals surface area (Å²) < 4.78 is 167. The highest BCUT2D eigenvalue weighted by Crippen LogP contribution is 2.58. The molecule has 0 bridgehead atoms. The molecule has 0 radical (unpaired) electrons. The number of carbonyl (C=O) groups excluding carboxylic acids is 2. The number of esters is 1. The first-order valence-electron chi connectivity index (χ1n) is 11.2. The fraction of sp³-hybridized carbons (Fsp3) is 0.727. The lowest BCUT2D eigenvalue weighted by atomic mass is 9.72. The number of hydrogen-bond acceptors (Lipinski definition) is 4. The van der Waals surface area contributed by atoms with Crippen LogP contribution in [0.5, 0.6) is 0 Å². The molecule has 224 valence electrons. The number of hydrogen-bond donors (Lipinski definition) is 1. The quantitative estimate of drug-likeness (QED) is 0.234. The van der Waals surface area contributed by atoms with Gasteiger partial charge in [0.1, 0.15) is 5.00 Å². The average Bonchev–Trinajstić information content (AvgIpc) is 3.14. The monoisotopic (exact) mass is 609 g/mol. The third-order valence-corrected chi connectivity index (χ3v) is 7.53. The zero-order valence-corrected chi connectivity index (χ0v) is 21.5. The highest BCUT2D eigenvalue weighted by molar-refractivity contribution is 7.17. The topological polar surface area (TPSA) is 55.4 Å². The summed E-state index contributed by atoms with van der Waals surface area (Å²) in [7, 11) is 0. The van der Waals surface area contributed by atoms with Crippen molar-refractivity contribution >= 4 is 28.2 Å². The first-order chi connectivity index (χ1) is 17.4. The van der Waals surface area contributed by atoms with Gasteiger partial charge in [-0.05, 0) is 43.1 Å². The number of ether oxygens (including phenoxy) is 1. The lowest BCUT2D eigenvalue weighted by Crippen LogP contribution is -2.70. The van der Waals surface area contributed by atoms with Crippen LogP contribution in [0, 0.1) is 11.3 Å². The molecule has 2 rings (SSSR count). The van der Waals surface area contributed by atoms with Crippen LogP contribution in [0.1, 0.15) is 54.9 Å². The van der Waals surface area contributed by atoms with Crippen molar-refractivity contribution in [1.29, 1.82) is 0 Å². The van der Waals surface area contributed by atoms with Crippen LogP contribution < -0.4 is 5.32 Å². The van der Waals surface area contributed by atoms with Crippen molar-refractivity contribution in [2.75, 3.05) is 11.9 Å². The number of rotatable bonds is 9. The molecule has 0 aromatic carbocycles. The predicted octanol–water partition coefficient (Wildman–Crippen LogP) is 7.46. The van der Waals surface area contributed by atoms with Crippen molar-refractivity contribution in [1.82, 2.24) is 0 Å². The highest BCUT2D eigenvalue weighted by Gasteiger charge is 2.89. The second-order valence-corrected chi connectivity index (χ2v) is 11.0. The van der Waals surface area contributed by atoms with Crippen molar-refractivity contribution in [2.24, 2.45) is 11.3 Å². The van der Waals surface area contributed by atoms with Crippen LogP contribution in [-0.2, 0) is 22.4 Å². The van der Waals surface area contributed by atoms with E-state index >= 15 is 0 Å². The molecule has 1 heterocycles. The van der Waals surface area contributed by atoms with Crippen LogP contribution in [0.2, 0.25) is 0 Å². The largest absolute Gasteiger partial charge is 0.462 e. The van der Waals surface area contributed by atoms with E-state index in [4.69, 9.17) is 4.74 Å². The lowest BCUT2D eigenvalue weighted by Gasteiger charge is -2.38. The van der Waals surface area contributed by atoms with E-state index in [0.717, 1.165) is 5.32 Å². The first kappa shape index (κ1) is 33.0. The van der Waals surface area contributed by atoms with E-state index in [-0.39, 0.29) is 36.3 Å². The van der Waals surface area contributed by atoms with Gasteiger partial charge in [0.25, 0.3) is 0 Å². The molecule has 1 aromatic rings. The predicted molar refractivity (Wildman–Crippen MR) is 115 cm³/mol. The normalized spacial score (nSPS) is 17.7. The van der Waals surface area contributed by atoms with E-state index in [1.54, 1.807) is 0 Å². The van der Waals surface area contributed by atoms with Gasteiger partial charge < -0.3 is 10.1 Å². The van der Waals surface area contributed by atoms with E-state index in [0.29, 0.717) is 22.6 Å². The molecule has 1 N–H and O–H groups in total. The van der Waals surface area contributed by atoms with Crippen LogP contribution >= 0.6 is 11.3 Å². The highest BCUT2D eigenvalue weighted by atomic mass is 32.1. The molecule has 39 heavy (non-hydrogen) atoms. The smallest absolute Gasteiger partial charge is 0.393 e. The SMILES string of the molecule is CCOC(=O)c1c(NC(=O)C(F)(F)C(F)(F)C(F)(F)C(F)(F)C(F)(F)C(F)F)sc2c1CCC(C(C)(C)C)C2. The minimum absolute atomic E-state index is 0.0366. The maximum atomic E-state index is 14.4. The number of alkyl halides is 12. The number of thiophene rings is 1. The Morgan fingerprint density at radius 1 is 0.949 bits per heavy atom. The van der Waals surface area contributed by atoms with Crippen molar-refractivity contribution < 1.29 is 67.0 Å². The number of anilines is 1. The molecule has 1 aliphatic rings. The van der Waals surface area contributed by atoms with E-state index in [2.05, 4.69) is 0 Å². The van der Waals surface area contributed by atoms with Crippen molar-refractivity contribution in [3.63, 3.8) is 0 Å². The zero-order chi connectivity index (χ0) is 30.6. The van der Waals surface area contributed by atoms with E-state index in [1.807, 2.05) is 20.8 Å². The second kappa shape index (κ2) is 10.3. The molecule has 0 fully saturated rings. The minimum atomic E-state index is -7.85. The molecule has 0 aliphatic heterocycles. The van der Waals surface area contributed by atoms with E-state index in [9.17, 15) is 62.3 Å². The van der Waals surface area contributed by atoms with Gasteiger partial charge in [-0.15, -0.1) is 11.3 Å². The van der Waals surface area contributed by atoms with Crippen LogP contribution in [0.15, 0.2) is 0 Å². The van der Waals surface area contributed by atoms with E-state index in [1.165, 1.54) is 6.92 Å². The van der Waals surface area contributed by atoms with Crippen LogP contribution in [-0.4, -0.2) is 54.5 Å². The van der Waals surface area contributed by atoms with Crippen LogP contribution in [0.25, 0.3) is 0 Å². The number of nitrogens with one attached hydrogen (secondary N) is 1. The third-order valence-electron chi connectivity index (χ3n) is 6.36. The maximum Gasteiger partial charge on any atom is 0.393 e.